The molecular weight excluding hydrogens is 269 g/mol. The number of imidazole rings is 1. The van der Waals surface area contributed by atoms with E-state index in [0.29, 0.717) is 11.7 Å². The summed E-state index contributed by atoms with van der Waals surface area (Å²) in [6.45, 7) is 1.98. The van der Waals surface area contributed by atoms with Crippen molar-refractivity contribution in [2.24, 2.45) is 0 Å². The van der Waals surface area contributed by atoms with Gasteiger partial charge in [0.15, 0.2) is 11.6 Å². The topological polar surface area (TPSA) is 39.1 Å². The van der Waals surface area contributed by atoms with Crippen LogP contribution in [0, 0.1) is 12.7 Å². The maximum Gasteiger partial charge on any atom is 0.207 e. The summed E-state index contributed by atoms with van der Waals surface area (Å²) in [5, 5.41) is 3.22. The fourth-order valence-corrected chi connectivity index (χ4v) is 2.94. The van der Waals surface area contributed by atoms with Crippen LogP contribution in [0.3, 0.4) is 0 Å². The Hall–Kier alpha value is -2.04. The van der Waals surface area contributed by atoms with E-state index in [4.69, 9.17) is 4.74 Å². The number of nitrogens with one attached hydrogen (secondary N) is 1. The van der Waals surface area contributed by atoms with E-state index >= 15 is 0 Å². The van der Waals surface area contributed by atoms with E-state index in [0.717, 1.165) is 11.6 Å². The highest BCUT2D eigenvalue weighted by atomic mass is 19.1. The Morgan fingerprint density at radius 2 is 2.10 bits per heavy atom. The number of halogens is 1. The molecule has 5 heteroatoms. The Morgan fingerprint density at radius 3 is 2.76 bits per heavy atom. The quantitative estimate of drug-likeness (QED) is 0.917. The molecule has 0 unspecified atom stereocenters. The first kappa shape index (κ1) is 13.9. The Morgan fingerprint density at radius 1 is 1.33 bits per heavy atom. The van der Waals surface area contributed by atoms with Crippen LogP contribution in [0.4, 0.5) is 16.0 Å². The lowest BCUT2D eigenvalue weighted by molar-refractivity contribution is 0.386. The molecule has 0 radical (unpaired) electrons. The van der Waals surface area contributed by atoms with Crippen molar-refractivity contribution in [2.45, 2.75) is 38.6 Å². The Labute approximate surface area is 124 Å². The molecule has 3 rings (SSSR count). The molecule has 1 aliphatic carbocycles. The van der Waals surface area contributed by atoms with Crippen molar-refractivity contribution in [3.8, 4) is 5.75 Å². The molecular formula is C16H20FN3O. The lowest BCUT2D eigenvalue weighted by Crippen LogP contribution is -2.08. The molecule has 4 nitrogen and oxygen atoms in total. The second-order valence-electron chi connectivity index (χ2n) is 5.53. The van der Waals surface area contributed by atoms with Gasteiger partial charge >= 0.3 is 0 Å². The van der Waals surface area contributed by atoms with Gasteiger partial charge in [-0.25, -0.2) is 9.37 Å². The Balaban J connectivity index is 1.85. The van der Waals surface area contributed by atoms with Crippen molar-refractivity contribution in [2.75, 3.05) is 12.4 Å². The second-order valence-corrected chi connectivity index (χ2v) is 5.53. The zero-order chi connectivity index (χ0) is 14.8. The van der Waals surface area contributed by atoms with Crippen LogP contribution >= 0.6 is 0 Å². The maximum absolute atomic E-state index is 13.8. The van der Waals surface area contributed by atoms with Crippen LogP contribution < -0.4 is 10.1 Å². The second kappa shape index (κ2) is 5.76. The molecule has 0 bridgehead atoms. The SMILES string of the molecule is COc1ccc(Nc2nc(C)cn2C2CCCC2)cc1F. The van der Waals surface area contributed by atoms with Gasteiger partial charge in [-0.15, -0.1) is 0 Å². The Kier molecular flexibility index (Phi) is 3.82. The molecule has 2 aromatic rings. The first-order chi connectivity index (χ1) is 10.2. The molecule has 0 saturated heterocycles. The summed E-state index contributed by atoms with van der Waals surface area (Å²) in [6.07, 6.45) is 6.96. The fraction of sp³-hybridized carbons (Fsp3) is 0.438. The molecule has 21 heavy (non-hydrogen) atoms. The smallest absolute Gasteiger partial charge is 0.207 e. The lowest BCUT2D eigenvalue weighted by Gasteiger charge is -2.16. The number of nitrogens with zero attached hydrogens (tertiary/aromatic N) is 2. The van der Waals surface area contributed by atoms with E-state index in [2.05, 4.69) is 21.1 Å². The number of rotatable bonds is 4. The third-order valence-corrected chi connectivity index (χ3v) is 3.98. The number of anilines is 2. The average Bonchev–Trinajstić information content (AvgIpc) is 3.08. The first-order valence-electron chi connectivity index (χ1n) is 7.33. The summed E-state index contributed by atoms with van der Waals surface area (Å²) >= 11 is 0. The van der Waals surface area contributed by atoms with Gasteiger partial charge in [-0.3, -0.25) is 0 Å². The highest BCUT2D eigenvalue weighted by Gasteiger charge is 2.20. The summed E-state index contributed by atoms with van der Waals surface area (Å²) in [6, 6.07) is 5.34. The van der Waals surface area contributed by atoms with E-state index in [1.165, 1.54) is 38.9 Å². The van der Waals surface area contributed by atoms with Crippen molar-refractivity contribution in [3.63, 3.8) is 0 Å². The maximum atomic E-state index is 13.8. The highest BCUT2D eigenvalue weighted by Crippen LogP contribution is 2.33. The van der Waals surface area contributed by atoms with Crippen LogP contribution in [0.1, 0.15) is 37.4 Å². The van der Waals surface area contributed by atoms with Crippen LogP contribution in [0.2, 0.25) is 0 Å². The minimum Gasteiger partial charge on any atom is -0.494 e. The predicted molar refractivity (Wildman–Crippen MR) is 80.7 cm³/mol. The molecule has 1 aliphatic rings. The zero-order valence-corrected chi connectivity index (χ0v) is 12.4. The highest BCUT2D eigenvalue weighted by molar-refractivity contribution is 5.56. The van der Waals surface area contributed by atoms with Gasteiger partial charge < -0.3 is 14.6 Å². The summed E-state index contributed by atoms with van der Waals surface area (Å²) < 4.78 is 20.9. The summed E-state index contributed by atoms with van der Waals surface area (Å²) in [4.78, 5) is 4.52. The molecule has 1 aromatic heterocycles. The van der Waals surface area contributed by atoms with Crippen molar-refractivity contribution in [1.82, 2.24) is 9.55 Å². The number of aromatic nitrogens is 2. The minimum absolute atomic E-state index is 0.246. The van der Waals surface area contributed by atoms with E-state index < -0.39 is 0 Å². The largest absolute Gasteiger partial charge is 0.494 e. The first-order valence-corrected chi connectivity index (χ1v) is 7.33. The van der Waals surface area contributed by atoms with E-state index in [-0.39, 0.29) is 11.6 Å². The van der Waals surface area contributed by atoms with E-state index in [9.17, 15) is 4.39 Å². The number of hydrogen-bond donors (Lipinski definition) is 1. The number of ether oxygens (including phenoxy) is 1. The fourth-order valence-electron chi connectivity index (χ4n) is 2.94. The minimum atomic E-state index is -0.377. The van der Waals surface area contributed by atoms with Crippen molar-refractivity contribution in [3.05, 3.63) is 35.9 Å². The van der Waals surface area contributed by atoms with Gasteiger partial charge in [0.25, 0.3) is 0 Å². The van der Waals surface area contributed by atoms with Crippen molar-refractivity contribution in [1.29, 1.82) is 0 Å². The third kappa shape index (κ3) is 2.86. The average molecular weight is 289 g/mol. The molecule has 1 fully saturated rings. The predicted octanol–water partition coefficient (Wildman–Crippen LogP) is 4.20. The molecule has 1 aromatic carbocycles. The molecule has 1 N–H and O–H groups in total. The molecule has 1 saturated carbocycles. The van der Waals surface area contributed by atoms with Crippen LogP contribution in [0.15, 0.2) is 24.4 Å². The third-order valence-electron chi connectivity index (χ3n) is 3.98. The monoisotopic (exact) mass is 289 g/mol. The normalized spacial score (nSPS) is 15.4. The van der Waals surface area contributed by atoms with E-state index in [1.807, 2.05) is 6.92 Å². The molecule has 0 aliphatic heterocycles. The molecule has 0 atom stereocenters. The number of aryl methyl sites for hydroxylation is 1. The summed E-state index contributed by atoms with van der Waals surface area (Å²) in [5.74, 6) is 0.651. The van der Waals surface area contributed by atoms with E-state index in [1.54, 1.807) is 12.1 Å². The summed E-state index contributed by atoms with van der Waals surface area (Å²) in [7, 11) is 1.46. The van der Waals surface area contributed by atoms with Gasteiger partial charge in [0.05, 0.1) is 12.8 Å². The molecule has 1 heterocycles. The summed E-state index contributed by atoms with van der Waals surface area (Å²) in [5.41, 5.74) is 1.65. The van der Waals surface area contributed by atoms with Crippen molar-refractivity contribution < 1.29 is 9.13 Å². The molecule has 0 spiro atoms. The standard InChI is InChI=1S/C16H20FN3O/c1-11-10-20(13-5-3-4-6-13)16(18-11)19-12-7-8-15(21-2)14(17)9-12/h7-10,13H,3-6H2,1-2H3,(H,18,19). The molecule has 0 amide bonds. The molecule has 112 valence electrons. The van der Waals surface area contributed by atoms with Gasteiger partial charge in [-0.2, -0.15) is 0 Å². The van der Waals surface area contributed by atoms with Gasteiger partial charge in [0, 0.05) is 24.0 Å². The Bertz CT molecular complexity index is 632. The van der Waals surface area contributed by atoms with Crippen LogP contribution in [-0.2, 0) is 0 Å². The van der Waals surface area contributed by atoms with Crippen LogP contribution in [0.5, 0.6) is 5.75 Å². The van der Waals surface area contributed by atoms with Gasteiger partial charge in [0.2, 0.25) is 5.95 Å². The van der Waals surface area contributed by atoms with Gasteiger partial charge in [0.1, 0.15) is 0 Å². The lowest BCUT2D eigenvalue weighted by atomic mass is 10.2. The number of methoxy groups -OCH3 is 1. The number of benzene rings is 1. The zero-order valence-electron chi connectivity index (χ0n) is 12.4. The van der Waals surface area contributed by atoms with Gasteiger partial charge in [-0.1, -0.05) is 12.8 Å². The number of hydrogen-bond acceptors (Lipinski definition) is 3. The van der Waals surface area contributed by atoms with Crippen molar-refractivity contribution >= 4 is 11.6 Å². The van der Waals surface area contributed by atoms with Crippen LogP contribution in [-0.4, -0.2) is 16.7 Å². The van der Waals surface area contributed by atoms with Crippen LogP contribution in [0.25, 0.3) is 0 Å². The van der Waals surface area contributed by atoms with Gasteiger partial charge in [-0.05, 0) is 31.9 Å².